The Balaban J connectivity index is 1.67. The zero-order valence-electron chi connectivity index (χ0n) is 13.5. The van der Waals surface area contributed by atoms with Crippen molar-refractivity contribution < 1.29 is 0 Å². The first-order valence-corrected chi connectivity index (χ1v) is 8.84. The Labute approximate surface area is 126 Å². The van der Waals surface area contributed by atoms with Crippen molar-refractivity contribution in [3.63, 3.8) is 0 Å². The van der Waals surface area contributed by atoms with Crippen molar-refractivity contribution in [2.75, 3.05) is 0 Å². The van der Waals surface area contributed by atoms with Crippen LogP contribution in [-0.2, 0) is 0 Å². The van der Waals surface area contributed by atoms with Gasteiger partial charge in [0.2, 0.25) is 0 Å². The molecule has 0 spiro atoms. The molecule has 0 heterocycles. The van der Waals surface area contributed by atoms with Gasteiger partial charge >= 0.3 is 0 Å². The van der Waals surface area contributed by atoms with Crippen LogP contribution in [-0.4, -0.2) is 0 Å². The molecule has 20 heavy (non-hydrogen) atoms. The Morgan fingerprint density at radius 3 is 2.35 bits per heavy atom. The van der Waals surface area contributed by atoms with E-state index in [0.717, 1.165) is 17.8 Å². The Morgan fingerprint density at radius 2 is 1.70 bits per heavy atom. The highest BCUT2D eigenvalue weighted by molar-refractivity contribution is 5.19. The van der Waals surface area contributed by atoms with E-state index in [1.54, 1.807) is 5.56 Å². The lowest BCUT2D eigenvalue weighted by atomic mass is 9.76. The van der Waals surface area contributed by atoms with Crippen LogP contribution in [0.1, 0.15) is 83.1 Å². The average molecular weight is 272 g/mol. The zero-order chi connectivity index (χ0) is 14.2. The molecule has 0 saturated heterocycles. The summed E-state index contributed by atoms with van der Waals surface area (Å²) in [4.78, 5) is 0. The minimum absolute atomic E-state index is 0.838. The second-order valence-electron chi connectivity index (χ2n) is 6.95. The van der Waals surface area contributed by atoms with E-state index in [1.165, 1.54) is 57.8 Å². The van der Waals surface area contributed by atoms with E-state index in [4.69, 9.17) is 0 Å². The first-order chi connectivity index (χ1) is 9.79. The van der Waals surface area contributed by atoms with Gasteiger partial charge in [0.05, 0.1) is 0 Å². The van der Waals surface area contributed by atoms with E-state index < -0.39 is 0 Å². The summed E-state index contributed by atoms with van der Waals surface area (Å²) in [6.07, 6.45) is 12.9. The van der Waals surface area contributed by atoms with Gasteiger partial charge in [0, 0.05) is 0 Å². The highest BCUT2D eigenvalue weighted by Crippen LogP contribution is 2.38. The van der Waals surface area contributed by atoms with E-state index in [9.17, 15) is 0 Å². The van der Waals surface area contributed by atoms with Gasteiger partial charge in [-0.05, 0) is 49.0 Å². The van der Waals surface area contributed by atoms with Crippen molar-refractivity contribution in [3.8, 4) is 0 Å². The second-order valence-corrected chi connectivity index (χ2v) is 6.95. The minimum atomic E-state index is 0.838. The normalized spacial score (nSPS) is 24.5. The van der Waals surface area contributed by atoms with E-state index in [-0.39, 0.29) is 0 Å². The lowest BCUT2D eigenvalue weighted by Gasteiger charge is -2.29. The Kier molecular flexibility index (Phi) is 6.63. The third-order valence-corrected chi connectivity index (χ3v) is 5.24. The molecule has 1 saturated carbocycles. The van der Waals surface area contributed by atoms with Crippen molar-refractivity contribution in [1.82, 2.24) is 0 Å². The van der Waals surface area contributed by atoms with Gasteiger partial charge in [-0.2, -0.15) is 0 Å². The summed E-state index contributed by atoms with van der Waals surface area (Å²) in [6.45, 7) is 4.75. The van der Waals surface area contributed by atoms with E-state index in [0.29, 0.717) is 0 Å². The number of hydrogen-bond donors (Lipinski definition) is 0. The highest BCUT2D eigenvalue weighted by atomic mass is 14.3. The third kappa shape index (κ3) is 4.96. The molecule has 1 aliphatic carbocycles. The van der Waals surface area contributed by atoms with Crippen molar-refractivity contribution in [2.45, 2.75) is 77.6 Å². The van der Waals surface area contributed by atoms with Crippen molar-refractivity contribution in [1.29, 1.82) is 0 Å². The molecule has 1 unspecified atom stereocenters. The van der Waals surface area contributed by atoms with Crippen molar-refractivity contribution >= 4 is 0 Å². The van der Waals surface area contributed by atoms with E-state index in [2.05, 4.69) is 44.2 Å². The molecule has 0 bridgehead atoms. The Hall–Kier alpha value is -0.780. The van der Waals surface area contributed by atoms with Crippen molar-refractivity contribution in [2.24, 2.45) is 11.8 Å². The predicted molar refractivity (Wildman–Crippen MR) is 89.1 cm³/mol. The summed E-state index contributed by atoms with van der Waals surface area (Å²) in [6, 6.07) is 11.1. The van der Waals surface area contributed by atoms with Crippen LogP contribution in [0.4, 0.5) is 0 Å². The molecular formula is C20H32. The standard InChI is InChI=1S/C20H32/c1-3-4-8-17(2)11-12-18-13-15-20(16-14-18)19-9-6-5-7-10-19/h5-7,9-10,17-18,20H,3-4,8,11-16H2,1-2H3. The van der Waals surface area contributed by atoms with Crippen LogP contribution in [0.5, 0.6) is 0 Å². The molecule has 112 valence electrons. The van der Waals surface area contributed by atoms with Crippen LogP contribution in [0.15, 0.2) is 30.3 Å². The number of benzene rings is 1. The van der Waals surface area contributed by atoms with Crippen LogP contribution in [0.2, 0.25) is 0 Å². The predicted octanol–water partition coefficient (Wildman–Crippen LogP) is 6.57. The van der Waals surface area contributed by atoms with Crippen LogP contribution >= 0.6 is 0 Å². The highest BCUT2D eigenvalue weighted by Gasteiger charge is 2.22. The summed E-state index contributed by atoms with van der Waals surface area (Å²) >= 11 is 0. The molecular weight excluding hydrogens is 240 g/mol. The van der Waals surface area contributed by atoms with Gasteiger partial charge in [-0.25, -0.2) is 0 Å². The molecule has 0 aromatic heterocycles. The van der Waals surface area contributed by atoms with E-state index in [1.807, 2.05) is 0 Å². The fraction of sp³-hybridized carbons (Fsp3) is 0.700. The summed E-state index contributed by atoms with van der Waals surface area (Å²) < 4.78 is 0. The quantitative estimate of drug-likeness (QED) is 0.527. The lowest BCUT2D eigenvalue weighted by Crippen LogP contribution is -2.14. The van der Waals surface area contributed by atoms with Crippen LogP contribution in [0, 0.1) is 11.8 Å². The van der Waals surface area contributed by atoms with Gasteiger partial charge in [-0.1, -0.05) is 76.3 Å². The first kappa shape index (κ1) is 15.6. The van der Waals surface area contributed by atoms with Gasteiger partial charge in [-0.15, -0.1) is 0 Å². The molecule has 0 radical (unpaired) electrons. The van der Waals surface area contributed by atoms with Gasteiger partial charge in [-0.3, -0.25) is 0 Å². The maximum Gasteiger partial charge on any atom is -0.0162 e. The molecule has 1 aromatic carbocycles. The minimum Gasteiger partial charge on any atom is -0.0654 e. The van der Waals surface area contributed by atoms with Gasteiger partial charge in [0.25, 0.3) is 0 Å². The van der Waals surface area contributed by atoms with E-state index >= 15 is 0 Å². The Bertz CT molecular complexity index is 346. The molecule has 0 amide bonds. The number of hydrogen-bond acceptors (Lipinski definition) is 0. The molecule has 0 nitrogen and oxygen atoms in total. The van der Waals surface area contributed by atoms with Crippen LogP contribution in [0.25, 0.3) is 0 Å². The number of unbranched alkanes of at least 4 members (excludes halogenated alkanes) is 1. The molecule has 0 aliphatic heterocycles. The topological polar surface area (TPSA) is 0 Å². The molecule has 2 rings (SSSR count). The van der Waals surface area contributed by atoms with Crippen molar-refractivity contribution in [3.05, 3.63) is 35.9 Å². The Morgan fingerprint density at radius 1 is 1.00 bits per heavy atom. The third-order valence-electron chi connectivity index (χ3n) is 5.24. The summed E-state index contributed by atoms with van der Waals surface area (Å²) in [5, 5.41) is 0. The van der Waals surface area contributed by atoms with Gasteiger partial charge < -0.3 is 0 Å². The first-order valence-electron chi connectivity index (χ1n) is 8.84. The van der Waals surface area contributed by atoms with Gasteiger partial charge in [0.1, 0.15) is 0 Å². The average Bonchev–Trinajstić information content (AvgIpc) is 2.52. The van der Waals surface area contributed by atoms with Gasteiger partial charge in [0.15, 0.2) is 0 Å². The maximum absolute atomic E-state index is 2.45. The molecule has 1 aromatic rings. The summed E-state index contributed by atoms with van der Waals surface area (Å²) in [7, 11) is 0. The molecule has 1 atom stereocenters. The molecule has 1 aliphatic rings. The number of rotatable bonds is 7. The fourth-order valence-corrected chi connectivity index (χ4v) is 3.73. The lowest BCUT2D eigenvalue weighted by molar-refractivity contribution is 0.286. The summed E-state index contributed by atoms with van der Waals surface area (Å²) in [5.74, 6) is 2.80. The maximum atomic E-state index is 2.45. The fourth-order valence-electron chi connectivity index (χ4n) is 3.73. The monoisotopic (exact) mass is 272 g/mol. The smallest absolute Gasteiger partial charge is 0.0162 e. The van der Waals surface area contributed by atoms with Crippen LogP contribution in [0.3, 0.4) is 0 Å². The summed E-state index contributed by atoms with van der Waals surface area (Å²) in [5.41, 5.74) is 1.57. The SMILES string of the molecule is CCCCC(C)CCC1CCC(c2ccccc2)CC1. The molecule has 1 fully saturated rings. The van der Waals surface area contributed by atoms with Crippen LogP contribution < -0.4 is 0 Å². The second kappa shape index (κ2) is 8.49. The molecule has 0 heteroatoms. The zero-order valence-corrected chi connectivity index (χ0v) is 13.5. The molecule has 0 N–H and O–H groups in total. The largest absolute Gasteiger partial charge is 0.0654 e.